The summed E-state index contributed by atoms with van der Waals surface area (Å²) in [6.45, 7) is 10.1. The largest absolute Gasteiger partial charge is 0.300 e. The number of rotatable bonds is 5. The Morgan fingerprint density at radius 2 is 1.84 bits per heavy atom. The van der Waals surface area contributed by atoms with Crippen molar-refractivity contribution in [2.24, 2.45) is 5.11 Å². The first-order chi connectivity index (χ1) is 8.86. The third kappa shape index (κ3) is 4.58. The number of nitrogens with zero attached hydrogens (tertiary/aromatic N) is 4. The van der Waals surface area contributed by atoms with Gasteiger partial charge >= 0.3 is 0 Å². The van der Waals surface area contributed by atoms with Gasteiger partial charge in [0.05, 0.1) is 0 Å². The molecular formula is C15H24N4. The predicted octanol–water partition coefficient (Wildman–Crippen LogP) is 4.29. The van der Waals surface area contributed by atoms with E-state index in [1.165, 1.54) is 11.1 Å². The Kier molecular flexibility index (Phi) is 5.40. The molecule has 0 amide bonds. The summed E-state index contributed by atoms with van der Waals surface area (Å²) >= 11 is 0. The first-order valence-corrected chi connectivity index (χ1v) is 6.68. The Morgan fingerprint density at radius 3 is 2.32 bits per heavy atom. The number of likely N-dealkylation sites (N-methyl/N-ethyl adjacent to an activating group) is 1. The summed E-state index contributed by atoms with van der Waals surface area (Å²) in [4.78, 5) is 4.97. The standard InChI is InChI=1S/C15H24N4/c1-12(19(5)11-10-17-18-16)13-6-8-14(9-7-13)15(2,3)4/h6-9,12H,10-11H2,1-5H3. The molecule has 0 saturated heterocycles. The molecule has 0 saturated carbocycles. The van der Waals surface area contributed by atoms with Gasteiger partial charge in [-0.05, 0) is 36.0 Å². The van der Waals surface area contributed by atoms with Crippen molar-refractivity contribution in [1.29, 1.82) is 0 Å². The summed E-state index contributed by atoms with van der Waals surface area (Å²) in [6.07, 6.45) is 0. The summed E-state index contributed by atoms with van der Waals surface area (Å²) in [5.74, 6) is 0. The lowest BCUT2D eigenvalue weighted by Crippen LogP contribution is -2.25. The molecule has 0 radical (unpaired) electrons. The van der Waals surface area contributed by atoms with Crippen LogP contribution in [0, 0.1) is 0 Å². The van der Waals surface area contributed by atoms with E-state index in [1.807, 2.05) is 0 Å². The number of benzene rings is 1. The van der Waals surface area contributed by atoms with Gasteiger partial charge in [0.15, 0.2) is 0 Å². The first kappa shape index (κ1) is 15.5. The van der Waals surface area contributed by atoms with Crippen LogP contribution in [0.4, 0.5) is 0 Å². The van der Waals surface area contributed by atoms with Crippen LogP contribution in [-0.2, 0) is 5.41 Å². The molecule has 1 aromatic carbocycles. The van der Waals surface area contributed by atoms with Crippen LogP contribution < -0.4 is 0 Å². The Labute approximate surface area is 116 Å². The Balaban J connectivity index is 2.72. The fourth-order valence-electron chi connectivity index (χ4n) is 1.96. The van der Waals surface area contributed by atoms with Crippen molar-refractivity contribution < 1.29 is 0 Å². The zero-order chi connectivity index (χ0) is 14.5. The highest BCUT2D eigenvalue weighted by molar-refractivity contribution is 5.29. The summed E-state index contributed by atoms with van der Waals surface area (Å²) in [6, 6.07) is 9.10. The molecule has 0 fully saturated rings. The normalized spacial score (nSPS) is 13.2. The van der Waals surface area contributed by atoms with E-state index in [9.17, 15) is 0 Å². The van der Waals surface area contributed by atoms with Crippen LogP contribution in [0.2, 0.25) is 0 Å². The minimum Gasteiger partial charge on any atom is -0.300 e. The van der Waals surface area contributed by atoms with Gasteiger partial charge in [0.1, 0.15) is 0 Å². The molecule has 0 aliphatic heterocycles. The second-order valence-corrected chi connectivity index (χ2v) is 5.98. The van der Waals surface area contributed by atoms with E-state index in [0.29, 0.717) is 12.6 Å². The van der Waals surface area contributed by atoms with E-state index < -0.39 is 0 Å². The van der Waals surface area contributed by atoms with Crippen molar-refractivity contribution in [3.05, 3.63) is 45.8 Å². The maximum atomic E-state index is 8.28. The van der Waals surface area contributed by atoms with Gasteiger partial charge in [-0.25, -0.2) is 0 Å². The zero-order valence-corrected chi connectivity index (χ0v) is 12.6. The van der Waals surface area contributed by atoms with Crippen LogP contribution in [0.5, 0.6) is 0 Å². The molecule has 0 aromatic heterocycles. The van der Waals surface area contributed by atoms with Gasteiger partial charge in [-0.2, -0.15) is 0 Å². The Bertz CT molecular complexity index is 438. The molecule has 104 valence electrons. The van der Waals surface area contributed by atoms with Gasteiger partial charge in [-0.3, -0.25) is 4.90 Å². The molecule has 0 aliphatic carbocycles. The van der Waals surface area contributed by atoms with Crippen molar-refractivity contribution in [3.8, 4) is 0 Å². The van der Waals surface area contributed by atoms with Crippen LogP contribution in [0.1, 0.15) is 44.9 Å². The van der Waals surface area contributed by atoms with Crippen molar-refractivity contribution in [2.45, 2.75) is 39.2 Å². The van der Waals surface area contributed by atoms with E-state index in [2.05, 4.69) is 73.9 Å². The van der Waals surface area contributed by atoms with E-state index in [1.54, 1.807) is 0 Å². The van der Waals surface area contributed by atoms with Gasteiger partial charge in [-0.15, -0.1) is 0 Å². The molecule has 0 bridgehead atoms. The predicted molar refractivity (Wildman–Crippen MR) is 80.2 cm³/mol. The van der Waals surface area contributed by atoms with E-state index in [-0.39, 0.29) is 5.41 Å². The molecule has 0 heterocycles. The molecule has 1 unspecified atom stereocenters. The molecule has 0 aliphatic rings. The smallest absolute Gasteiger partial charge is 0.0385 e. The fraction of sp³-hybridized carbons (Fsp3) is 0.600. The van der Waals surface area contributed by atoms with E-state index in [4.69, 9.17) is 5.53 Å². The second-order valence-electron chi connectivity index (χ2n) is 5.98. The van der Waals surface area contributed by atoms with Crippen LogP contribution in [0.3, 0.4) is 0 Å². The highest BCUT2D eigenvalue weighted by Crippen LogP contribution is 2.25. The second kappa shape index (κ2) is 6.60. The van der Waals surface area contributed by atoms with Crippen molar-refractivity contribution >= 4 is 0 Å². The molecule has 19 heavy (non-hydrogen) atoms. The van der Waals surface area contributed by atoms with Crippen LogP contribution in [0.15, 0.2) is 29.4 Å². The number of hydrogen-bond donors (Lipinski definition) is 0. The SMILES string of the molecule is CC(c1ccc(C(C)(C)C)cc1)N(C)CCN=[N+]=[N-]. The monoisotopic (exact) mass is 260 g/mol. The maximum Gasteiger partial charge on any atom is 0.0385 e. The topological polar surface area (TPSA) is 52.0 Å². The van der Waals surface area contributed by atoms with Crippen molar-refractivity contribution in [1.82, 2.24) is 4.90 Å². The maximum absolute atomic E-state index is 8.28. The highest BCUT2D eigenvalue weighted by atomic mass is 15.2. The van der Waals surface area contributed by atoms with Gasteiger partial charge in [0.25, 0.3) is 0 Å². The minimum absolute atomic E-state index is 0.190. The van der Waals surface area contributed by atoms with Crippen LogP contribution in [0.25, 0.3) is 10.4 Å². The summed E-state index contributed by atoms with van der Waals surface area (Å²) in [7, 11) is 2.05. The summed E-state index contributed by atoms with van der Waals surface area (Å²) in [5, 5.41) is 3.57. The number of azide groups is 1. The quantitative estimate of drug-likeness (QED) is 0.442. The summed E-state index contributed by atoms with van der Waals surface area (Å²) in [5.41, 5.74) is 11.1. The van der Waals surface area contributed by atoms with Gasteiger partial charge in [0.2, 0.25) is 0 Å². The first-order valence-electron chi connectivity index (χ1n) is 6.68. The third-order valence-corrected chi connectivity index (χ3v) is 3.54. The average molecular weight is 260 g/mol. The molecule has 0 N–H and O–H groups in total. The number of hydrogen-bond acceptors (Lipinski definition) is 2. The molecule has 1 aromatic rings. The minimum atomic E-state index is 0.190. The molecule has 1 rings (SSSR count). The van der Waals surface area contributed by atoms with Crippen molar-refractivity contribution in [3.63, 3.8) is 0 Å². The lowest BCUT2D eigenvalue weighted by Gasteiger charge is -2.25. The van der Waals surface area contributed by atoms with Crippen LogP contribution >= 0.6 is 0 Å². The summed E-state index contributed by atoms with van der Waals surface area (Å²) < 4.78 is 0. The van der Waals surface area contributed by atoms with Crippen LogP contribution in [-0.4, -0.2) is 25.0 Å². The van der Waals surface area contributed by atoms with Gasteiger partial charge < -0.3 is 0 Å². The van der Waals surface area contributed by atoms with E-state index >= 15 is 0 Å². The third-order valence-electron chi connectivity index (χ3n) is 3.54. The molecule has 4 heteroatoms. The highest BCUT2D eigenvalue weighted by Gasteiger charge is 2.15. The lowest BCUT2D eigenvalue weighted by molar-refractivity contribution is 0.269. The average Bonchev–Trinajstić information content (AvgIpc) is 2.37. The van der Waals surface area contributed by atoms with Gasteiger partial charge in [-0.1, -0.05) is 50.2 Å². The Hall–Kier alpha value is -1.51. The molecular weight excluding hydrogens is 236 g/mol. The van der Waals surface area contributed by atoms with E-state index in [0.717, 1.165) is 6.54 Å². The fourth-order valence-corrected chi connectivity index (χ4v) is 1.96. The zero-order valence-electron chi connectivity index (χ0n) is 12.6. The van der Waals surface area contributed by atoms with Gasteiger partial charge in [0, 0.05) is 24.0 Å². The molecule has 4 nitrogen and oxygen atoms in total. The lowest BCUT2D eigenvalue weighted by atomic mass is 9.86. The molecule has 0 spiro atoms. The van der Waals surface area contributed by atoms with Crippen molar-refractivity contribution in [2.75, 3.05) is 20.1 Å². The Morgan fingerprint density at radius 1 is 1.26 bits per heavy atom. The molecule has 1 atom stereocenters.